The van der Waals surface area contributed by atoms with Crippen LogP contribution in [0.2, 0.25) is 0 Å². The van der Waals surface area contributed by atoms with Crippen molar-refractivity contribution in [1.82, 2.24) is 9.97 Å². The minimum absolute atomic E-state index is 0.145. The molecule has 0 aromatic carbocycles. The number of thiophene rings is 1. The van der Waals surface area contributed by atoms with Crippen molar-refractivity contribution in [1.29, 1.82) is 0 Å². The molecule has 0 aliphatic carbocycles. The van der Waals surface area contributed by atoms with Crippen molar-refractivity contribution in [3.05, 3.63) is 10.9 Å². The molecule has 0 aliphatic rings. The largest absolute Gasteiger partial charge is 0.380 e. The summed E-state index contributed by atoms with van der Waals surface area (Å²) in [7, 11) is 1.71. The van der Waals surface area contributed by atoms with E-state index in [1.807, 2.05) is 6.92 Å². The van der Waals surface area contributed by atoms with Crippen LogP contribution in [0.4, 0.5) is 11.8 Å². The predicted molar refractivity (Wildman–Crippen MR) is 85.9 cm³/mol. The highest BCUT2D eigenvalue weighted by atomic mass is 32.1. The van der Waals surface area contributed by atoms with Crippen molar-refractivity contribution >= 4 is 33.3 Å². The third-order valence-electron chi connectivity index (χ3n) is 3.01. The minimum Gasteiger partial charge on any atom is -0.380 e. The van der Waals surface area contributed by atoms with Gasteiger partial charge in [0.15, 0.2) is 0 Å². The second-order valence-corrected chi connectivity index (χ2v) is 6.06. The van der Waals surface area contributed by atoms with E-state index in [1.165, 1.54) is 4.88 Å². The molecule has 0 saturated heterocycles. The van der Waals surface area contributed by atoms with Gasteiger partial charge in [-0.1, -0.05) is 6.92 Å². The summed E-state index contributed by atoms with van der Waals surface area (Å²) in [5.41, 5.74) is 0. The lowest BCUT2D eigenvalue weighted by molar-refractivity contribution is 0.128. The van der Waals surface area contributed by atoms with E-state index in [-0.39, 0.29) is 6.10 Å². The Balaban J connectivity index is 2.28. The van der Waals surface area contributed by atoms with Gasteiger partial charge >= 0.3 is 0 Å². The molecule has 0 saturated carbocycles. The summed E-state index contributed by atoms with van der Waals surface area (Å²) in [5.74, 6) is 1.57. The first kappa shape index (κ1) is 15.0. The van der Waals surface area contributed by atoms with Gasteiger partial charge in [0.05, 0.1) is 11.5 Å². The first-order valence-electron chi connectivity index (χ1n) is 6.92. The maximum atomic E-state index is 5.27. The summed E-state index contributed by atoms with van der Waals surface area (Å²) < 4.78 is 5.27. The highest BCUT2D eigenvalue weighted by Gasteiger charge is 2.11. The zero-order valence-corrected chi connectivity index (χ0v) is 13.3. The van der Waals surface area contributed by atoms with Crippen LogP contribution < -0.4 is 10.6 Å². The third kappa shape index (κ3) is 3.58. The van der Waals surface area contributed by atoms with Gasteiger partial charge in [-0.05, 0) is 26.3 Å². The monoisotopic (exact) mass is 294 g/mol. The van der Waals surface area contributed by atoms with Crippen LogP contribution in [0.5, 0.6) is 0 Å². The van der Waals surface area contributed by atoms with Crippen LogP contribution in [0.15, 0.2) is 6.07 Å². The Morgan fingerprint density at radius 3 is 2.85 bits per heavy atom. The standard InChI is InChI=1S/C14H22N4OS/c1-5-6-15-14-17-12(16-8-9(2)19-4)11-7-10(3)20-13(11)18-14/h7,9H,5-6,8H2,1-4H3,(H2,15,16,17,18). The Labute approximate surface area is 123 Å². The molecule has 2 heterocycles. The number of nitrogens with one attached hydrogen (secondary N) is 2. The lowest BCUT2D eigenvalue weighted by Crippen LogP contribution is -2.19. The van der Waals surface area contributed by atoms with Gasteiger partial charge < -0.3 is 15.4 Å². The van der Waals surface area contributed by atoms with Crippen molar-refractivity contribution in [2.75, 3.05) is 30.8 Å². The molecule has 2 rings (SSSR count). The number of fused-ring (bicyclic) bond motifs is 1. The summed E-state index contributed by atoms with van der Waals surface area (Å²) in [4.78, 5) is 11.4. The molecule has 5 nitrogen and oxygen atoms in total. The molecule has 0 aliphatic heterocycles. The van der Waals surface area contributed by atoms with Crippen molar-refractivity contribution in [3.8, 4) is 0 Å². The number of nitrogens with zero attached hydrogens (tertiary/aromatic N) is 2. The number of hydrogen-bond donors (Lipinski definition) is 2. The topological polar surface area (TPSA) is 59.1 Å². The molecule has 0 bridgehead atoms. The Morgan fingerprint density at radius 1 is 1.35 bits per heavy atom. The molecule has 2 aromatic heterocycles. The molecule has 0 radical (unpaired) electrons. The molecule has 20 heavy (non-hydrogen) atoms. The van der Waals surface area contributed by atoms with Crippen LogP contribution in [0, 0.1) is 6.92 Å². The van der Waals surface area contributed by atoms with Crippen LogP contribution in [0.25, 0.3) is 10.2 Å². The number of hydrogen-bond acceptors (Lipinski definition) is 6. The molecule has 0 amide bonds. The zero-order valence-electron chi connectivity index (χ0n) is 12.5. The van der Waals surface area contributed by atoms with Crippen molar-refractivity contribution in [3.63, 3.8) is 0 Å². The van der Waals surface area contributed by atoms with Crippen molar-refractivity contribution < 1.29 is 4.74 Å². The normalized spacial score (nSPS) is 12.6. The molecule has 1 atom stereocenters. The quantitative estimate of drug-likeness (QED) is 0.820. The van der Waals surface area contributed by atoms with Crippen LogP contribution in [-0.4, -0.2) is 36.3 Å². The summed E-state index contributed by atoms with van der Waals surface area (Å²) >= 11 is 1.69. The average Bonchev–Trinajstić information content (AvgIpc) is 2.82. The van der Waals surface area contributed by atoms with Crippen LogP contribution in [-0.2, 0) is 4.74 Å². The molecule has 1 unspecified atom stereocenters. The molecular weight excluding hydrogens is 272 g/mol. The van der Waals surface area contributed by atoms with Crippen LogP contribution >= 0.6 is 11.3 Å². The van der Waals surface area contributed by atoms with Gasteiger partial charge in [0, 0.05) is 25.1 Å². The van der Waals surface area contributed by atoms with E-state index in [9.17, 15) is 0 Å². The van der Waals surface area contributed by atoms with Crippen LogP contribution in [0.1, 0.15) is 25.1 Å². The smallest absolute Gasteiger partial charge is 0.226 e. The number of aryl methyl sites for hydroxylation is 1. The Morgan fingerprint density at radius 2 is 2.15 bits per heavy atom. The first-order chi connectivity index (χ1) is 9.63. The van der Waals surface area contributed by atoms with E-state index in [1.54, 1.807) is 18.4 Å². The fourth-order valence-corrected chi connectivity index (χ4v) is 2.70. The highest BCUT2D eigenvalue weighted by Crippen LogP contribution is 2.29. The molecular formula is C14H22N4OS. The van der Waals surface area contributed by atoms with E-state index in [4.69, 9.17) is 4.74 Å². The fraction of sp³-hybridized carbons (Fsp3) is 0.571. The number of ether oxygens (including phenoxy) is 1. The average molecular weight is 294 g/mol. The minimum atomic E-state index is 0.145. The van der Waals surface area contributed by atoms with Gasteiger partial charge in [-0.25, -0.2) is 4.98 Å². The summed E-state index contributed by atoms with van der Waals surface area (Å²) in [6, 6.07) is 2.13. The van der Waals surface area contributed by atoms with Gasteiger partial charge in [0.1, 0.15) is 10.6 Å². The number of anilines is 2. The summed E-state index contributed by atoms with van der Waals surface area (Å²) in [6.07, 6.45) is 1.20. The SMILES string of the molecule is CCCNc1nc(NCC(C)OC)c2cc(C)sc2n1. The predicted octanol–water partition coefficient (Wildman–Crippen LogP) is 3.27. The molecule has 0 fully saturated rings. The van der Waals surface area contributed by atoms with E-state index in [0.717, 1.165) is 35.5 Å². The second-order valence-electron chi connectivity index (χ2n) is 4.83. The molecule has 110 valence electrons. The van der Waals surface area contributed by atoms with Gasteiger partial charge in [0.25, 0.3) is 0 Å². The Kier molecular flexibility index (Phi) is 5.14. The first-order valence-corrected chi connectivity index (χ1v) is 7.74. The van der Waals surface area contributed by atoms with Gasteiger partial charge in [0.2, 0.25) is 5.95 Å². The van der Waals surface area contributed by atoms with E-state index in [0.29, 0.717) is 5.95 Å². The fourth-order valence-electron chi connectivity index (χ4n) is 1.82. The van der Waals surface area contributed by atoms with E-state index >= 15 is 0 Å². The van der Waals surface area contributed by atoms with E-state index in [2.05, 4.69) is 40.5 Å². The third-order valence-corrected chi connectivity index (χ3v) is 3.95. The molecule has 6 heteroatoms. The maximum Gasteiger partial charge on any atom is 0.226 e. The van der Waals surface area contributed by atoms with Gasteiger partial charge in [-0.3, -0.25) is 0 Å². The highest BCUT2D eigenvalue weighted by molar-refractivity contribution is 7.18. The maximum absolute atomic E-state index is 5.27. The number of aromatic nitrogens is 2. The lowest BCUT2D eigenvalue weighted by atomic mass is 10.3. The van der Waals surface area contributed by atoms with Gasteiger partial charge in [-0.15, -0.1) is 11.3 Å². The number of rotatable bonds is 7. The molecule has 2 aromatic rings. The molecule has 0 spiro atoms. The van der Waals surface area contributed by atoms with Crippen molar-refractivity contribution in [2.24, 2.45) is 0 Å². The van der Waals surface area contributed by atoms with Crippen LogP contribution in [0.3, 0.4) is 0 Å². The number of methoxy groups -OCH3 is 1. The second kappa shape index (κ2) is 6.85. The zero-order chi connectivity index (χ0) is 14.5. The van der Waals surface area contributed by atoms with E-state index < -0.39 is 0 Å². The Hall–Kier alpha value is -1.40. The Bertz CT molecular complexity index is 570. The molecule has 2 N–H and O–H groups in total. The summed E-state index contributed by atoms with van der Waals surface area (Å²) in [5, 5.41) is 7.69. The van der Waals surface area contributed by atoms with Gasteiger partial charge in [-0.2, -0.15) is 4.98 Å². The van der Waals surface area contributed by atoms with Crippen molar-refractivity contribution in [2.45, 2.75) is 33.3 Å². The lowest BCUT2D eigenvalue weighted by Gasteiger charge is -2.13. The summed E-state index contributed by atoms with van der Waals surface area (Å²) in [6.45, 7) is 7.85.